The Morgan fingerprint density at radius 1 is 1.21 bits per heavy atom. The van der Waals surface area contributed by atoms with Gasteiger partial charge in [-0.3, -0.25) is 0 Å². The second kappa shape index (κ2) is 4.92. The van der Waals surface area contributed by atoms with Crippen LogP contribution in [0.25, 0.3) is 0 Å². The van der Waals surface area contributed by atoms with E-state index in [-0.39, 0.29) is 11.2 Å². The Hall–Kier alpha value is -0.860. The van der Waals surface area contributed by atoms with Crippen LogP contribution in [0.2, 0.25) is 0 Å². The molecule has 1 heterocycles. The maximum absolute atomic E-state index is 6.70. The fourth-order valence-electron chi connectivity index (χ4n) is 3.60. The molecule has 1 spiro atoms. The normalized spacial score (nSPS) is 34.8. The highest BCUT2D eigenvalue weighted by Gasteiger charge is 2.44. The van der Waals surface area contributed by atoms with E-state index in [1.54, 1.807) is 0 Å². The van der Waals surface area contributed by atoms with Crippen LogP contribution in [0, 0.1) is 0 Å². The van der Waals surface area contributed by atoms with Crippen molar-refractivity contribution in [2.24, 2.45) is 0 Å². The molecule has 2 heteroatoms. The molecule has 0 saturated carbocycles. The summed E-state index contributed by atoms with van der Waals surface area (Å²) in [5.41, 5.74) is 2.78. The van der Waals surface area contributed by atoms with Gasteiger partial charge in [0.05, 0.1) is 5.60 Å². The Labute approximate surface area is 116 Å². The van der Waals surface area contributed by atoms with Gasteiger partial charge in [-0.25, -0.2) is 0 Å². The molecule has 1 fully saturated rings. The van der Waals surface area contributed by atoms with Gasteiger partial charge in [0, 0.05) is 13.1 Å². The molecule has 0 amide bonds. The van der Waals surface area contributed by atoms with Crippen LogP contribution >= 0.6 is 0 Å². The van der Waals surface area contributed by atoms with E-state index in [0.29, 0.717) is 0 Å². The third-order valence-corrected chi connectivity index (χ3v) is 4.88. The van der Waals surface area contributed by atoms with Crippen molar-refractivity contribution in [1.29, 1.82) is 0 Å². The van der Waals surface area contributed by atoms with E-state index in [1.807, 2.05) is 0 Å². The van der Waals surface area contributed by atoms with Crippen molar-refractivity contribution in [1.82, 2.24) is 5.32 Å². The number of benzene rings is 1. The predicted molar refractivity (Wildman–Crippen MR) is 78.3 cm³/mol. The second-order valence-corrected chi connectivity index (χ2v) is 6.37. The van der Waals surface area contributed by atoms with Crippen LogP contribution in [-0.4, -0.2) is 18.7 Å². The van der Waals surface area contributed by atoms with E-state index in [0.717, 1.165) is 25.9 Å². The molecule has 2 atom stereocenters. The molecule has 1 aromatic rings. The molecule has 0 radical (unpaired) electrons. The van der Waals surface area contributed by atoms with Gasteiger partial charge in [-0.1, -0.05) is 31.2 Å². The van der Waals surface area contributed by atoms with E-state index < -0.39 is 0 Å². The van der Waals surface area contributed by atoms with Crippen LogP contribution in [0.15, 0.2) is 24.3 Å². The van der Waals surface area contributed by atoms with Crippen molar-refractivity contribution < 1.29 is 4.74 Å². The Bertz CT molecular complexity index is 458. The van der Waals surface area contributed by atoms with Gasteiger partial charge in [-0.05, 0) is 50.2 Å². The molecular weight excluding hydrogens is 234 g/mol. The van der Waals surface area contributed by atoms with E-state index >= 15 is 0 Å². The van der Waals surface area contributed by atoms with Crippen LogP contribution < -0.4 is 5.32 Å². The summed E-state index contributed by atoms with van der Waals surface area (Å²) in [5.74, 6) is 0. The monoisotopic (exact) mass is 259 g/mol. The first-order valence-electron chi connectivity index (χ1n) is 7.67. The summed E-state index contributed by atoms with van der Waals surface area (Å²) in [7, 11) is 0. The number of aryl methyl sites for hydroxylation is 1. The lowest BCUT2D eigenvalue weighted by Crippen LogP contribution is -2.57. The van der Waals surface area contributed by atoms with Gasteiger partial charge in [0.15, 0.2) is 0 Å². The average Bonchev–Trinajstić information content (AvgIpc) is 2.60. The molecule has 2 aliphatic rings. The molecule has 1 saturated heterocycles. The molecule has 0 bridgehead atoms. The highest BCUT2D eigenvalue weighted by atomic mass is 16.5. The first-order chi connectivity index (χ1) is 9.18. The lowest BCUT2D eigenvalue weighted by atomic mass is 9.84. The molecule has 1 aliphatic heterocycles. The smallest absolute Gasteiger partial charge is 0.107 e. The Morgan fingerprint density at radius 3 is 2.89 bits per heavy atom. The molecule has 0 aromatic heterocycles. The van der Waals surface area contributed by atoms with Crippen LogP contribution in [0.4, 0.5) is 0 Å². The lowest BCUT2D eigenvalue weighted by molar-refractivity contribution is -0.181. The fourth-order valence-corrected chi connectivity index (χ4v) is 3.60. The van der Waals surface area contributed by atoms with Gasteiger partial charge in [-0.15, -0.1) is 0 Å². The quantitative estimate of drug-likeness (QED) is 0.834. The van der Waals surface area contributed by atoms with Gasteiger partial charge in [0.2, 0.25) is 0 Å². The third-order valence-electron chi connectivity index (χ3n) is 4.88. The molecule has 2 unspecified atom stereocenters. The zero-order chi connectivity index (χ0) is 13.3. The van der Waals surface area contributed by atoms with Crippen molar-refractivity contribution in [2.45, 2.75) is 57.2 Å². The zero-order valence-electron chi connectivity index (χ0n) is 12.2. The Morgan fingerprint density at radius 2 is 2.05 bits per heavy atom. The molecule has 19 heavy (non-hydrogen) atoms. The number of fused-ring (bicyclic) bond motifs is 2. The largest absolute Gasteiger partial charge is 0.361 e. The highest BCUT2D eigenvalue weighted by molar-refractivity contribution is 5.35. The second-order valence-electron chi connectivity index (χ2n) is 6.37. The van der Waals surface area contributed by atoms with Gasteiger partial charge in [0.1, 0.15) is 5.60 Å². The van der Waals surface area contributed by atoms with E-state index in [4.69, 9.17) is 4.74 Å². The van der Waals surface area contributed by atoms with Crippen molar-refractivity contribution in [3.63, 3.8) is 0 Å². The zero-order valence-corrected chi connectivity index (χ0v) is 12.2. The van der Waals surface area contributed by atoms with Gasteiger partial charge in [0.25, 0.3) is 0 Å². The van der Waals surface area contributed by atoms with E-state index in [1.165, 1.54) is 30.4 Å². The van der Waals surface area contributed by atoms with Crippen molar-refractivity contribution in [3.05, 3.63) is 35.4 Å². The molecule has 1 aliphatic carbocycles. The van der Waals surface area contributed by atoms with Crippen LogP contribution in [0.1, 0.15) is 50.7 Å². The number of nitrogens with one attached hydrogen (secondary N) is 1. The van der Waals surface area contributed by atoms with Gasteiger partial charge >= 0.3 is 0 Å². The number of ether oxygens (including phenoxy) is 1. The highest BCUT2D eigenvalue weighted by Crippen LogP contribution is 2.42. The van der Waals surface area contributed by atoms with E-state index in [2.05, 4.69) is 43.4 Å². The molecule has 104 valence electrons. The van der Waals surface area contributed by atoms with Crippen LogP contribution in [0.5, 0.6) is 0 Å². The minimum absolute atomic E-state index is 0.0320. The first kappa shape index (κ1) is 13.1. The third kappa shape index (κ3) is 2.32. The minimum atomic E-state index is -0.101. The topological polar surface area (TPSA) is 21.3 Å². The number of hydrogen-bond acceptors (Lipinski definition) is 2. The Balaban J connectivity index is 2.02. The van der Waals surface area contributed by atoms with Gasteiger partial charge < -0.3 is 10.1 Å². The summed E-state index contributed by atoms with van der Waals surface area (Å²) in [6.07, 6.45) is 5.95. The molecule has 3 rings (SSSR count). The first-order valence-corrected chi connectivity index (χ1v) is 7.67. The predicted octanol–water partition coefficient (Wildman–Crippen LogP) is 3.40. The number of morpholine rings is 1. The summed E-state index contributed by atoms with van der Waals surface area (Å²) in [6.45, 7) is 6.39. The average molecular weight is 259 g/mol. The number of hydrogen-bond donors (Lipinski definition) is 1. The van der Waals surface area contributed by atoms with Crippen LogP contribution in [-0.2, 0) is 16.8 Å². The van der Waals surface area contributed by atoms with Crippen molar-refractivity contribution >= 4 is 0 Å². The molecule has 1 aromatic carbocycles. The summed E-state index contributed by atoms with van der Waals surface area (Å²) < 4.78 is 6.70. The lowest BCUT2D eigenvalue weighted by Gasteiger charge is -2.47. The Kier molecular flexibility index (Phi) is 3.40. The summed E-state index contributed by atoms with van der Waals surface area (Å²) >= 11 is 0. The SMILES string of the molecule is CCC1(C)CNCC2(CCCCc3ccccc32)O1. The van der Waals surface area contributed by atoms with Gasteiger partial charge in [-0.2, -0.15) is 0 Å². The summed E-state index contributed by atoms with van der Waals surface area (Å²) in [4.78, 5) is 0. The molecular formula is C17H25NO. The van der Waals surface area contributed by atoms with Crippen molar-refractivity contribution in [3.8, 4) is 0 Å². The summed E-state index contributed by atoms with van der Waals surface area (Å²) in [5, 5.41) is 3.63. The minimum Gasteiger partial charge on any atom is -0.361 e. The van der Waals surface area contributed by atoms with Crippen molar-refractivity contribution in [2.75, 3.05) is 13.1 Å². The number of rotatable bonds is 1. The standard InChI is InChI=1S/C17H25NO/c1-3-16(2)12-18-13-17(19-16)11-7-6-9-14-8-4-5-10-15(14)17/h4-5,8,10,18H,3,6-7,9,11-13H2,1-2H3. The van der Waals surface area contributed by atoms with E-state index in [9.17, 15) is 0 Å². The van der Waals surface area contributed by atoms with Crippen LogP contribution in [0.3, 0.4) is 0 Å². The molecule has 2 nitrogen and oxygen atoms in total. The fraction of sp³-hybridized carbons (Fsp3) is 0.647. The maximum Gasteiger partial charge on any atom is 0.107 e. The summed E-state index contributed by atoms with van der Waals surface area (Å²) in [6, 6.07) is 8.88. The maximum atomic E-state index is 6.70. The molecule has 1 N–H and O–H groups in total.